The van der Waals surface area contributed by atoms with Crippen LogP contribution in [0.2, 0.25) is 0 Å². The summed E-state index contributed by atoms with van der Waals surface area (Å²) in [7, 11) is 1.62. The van der Waals surface area contributed by atoms with Gasteiger partial charge in [0.1, 0.15) is 5.75 Å². The molecule has 0 aliphatic heterocycles. The van der Waals surface area contributed by atoms with Crippen molar-refractivity contribution < 1.29 is 4.74 Å². The maximum absolute atomic E-state index is 7.38. The van der Waals surface area contributed by atoms with Crippen molar-refractivity contribution in [2.75, 3.05) is 12.0 Å². The number of ether oxygens (including phenoxy) is 1. The third-order valence-corrected chi connectivity index (χ3v) is 3.71. The summed E-state index contributed by atoms with van der Waals surface area (Å²) in [5, 5.41) is 14.8. The molecule has 1 saturated carbocycles. The topological polar surface area (TPSA) is 60.2 Å². The second-order valence-electron chi connectivity index (χ2n) is 5.07. The zero-order valence-corrected chi connectivity index (χ0v) is 11.1. The van der Waals surface area contributed by atoms with Crippen molar-refractivity contribution in [3.63, 3.8) is 0 Å². The Labute approximate surface area is 108 Å². The standard InChI is InChI=1S/C14H19N3O/c1-10-6-11(14(2)4-5-14)7-12(13(10)18-3)17(8-15)9-16/h6-9,15-16H,4-5H2,1-3H3. The average Bonchev–Trinajstić information content (AvgIpc) is 3.10. The Morgan fingerprint density at radius 3 is 2.33 bits per heavy atom. The molecule has 1 fully saturated rings. The number of hydrogen-bond acceptors (Lipinski definition) is 3. The molecule has 0 amide bonds. The Morgan fingerprint density at radius 1 is 1.28 bits per heavy atom. The highest BCUT2D eigenvalue weighted by Crippen LogP contribution is 2.49. The third kappa shape index (κ3) is 1.98. The van der Waals surface area contributed by atoms with Crippen LogP contribution in [0.1, 0.15) is 30.9 Å². The van der Waals surface area contributed by atoms with Crippen LogP contribution in [-0.4, -0.2) is 19.8 Å². The maximum atomic E-state index is 7.38. The minimum absolute atomic E-state index is 0.265. The minimum atomic E-state index is 0.265. The molecule has 4 heteroatoms. The van der Waals surface area contributed by atoms with Gasteiger partial charge in [0.05, 0.1) is 25.5 Å². The molecule has 1 aromatic rings. The Balaban J connectivity index is 2.56. The smallest absolute Gasteiger partial charge is 0.145 e. The normalized spacial score (nSPS) is 15.9. The molecule has 1 aromatic carbocycles. The maximum Gasteiger partial charge on any atom is 0.145 e. The average molecular weight is 245 g/mol. The van der Waals surface area contributed by atoms with Gasteiger partial charge in [-0.25, -0.2) is 0 Å². The molecule has 0 spiro atoms. The fourth-order valence-electron chi connectivity index (χ4n) is 2.21. The van der Waals surface area contributed by atoms with Crippen molar-refractivity contribution in [1.82, 2.24) is 0 Å². The van der Waals surface area contributed by atoms with Crippen molar-refractivity contribution in [2.24, 2.45) is 0 Å². The summed E-state index contributed by atoms with van der Waals surface area (Å²) in [6, 6.07) is 4.19. The quantitative estimate of drug-likeness (QED) is 0.618. The van der Waals surface area contributed by atoms with Gasteiger partial charge in [-0.3, -0.25) is 15.7 Å². The van der Waals surface area contributed by atoms with E-state index in [1.54, 1.807) is 7.11 Å². The van der Waals surface area contributed by atoms with Gasteiger partial charge in [0.25, 0.3) is 0 Å². The van der Waals surface area contributed by atoms with E-state index < -0.39 is 0 Å². The Hall–Kier alpha value is -1.84. The van der Waals surface area contributed by atoms with Gasteiger partial charge in [-0.2, -0.15) is 0 Å². The highest BCUT2D eigenvalue weighted by atomic mass is 16.5. The first-order valence-corrected chi connectivity index (χ1v) is 6.04. The molecular formula is C14H19N3O. The molecule has 2 N–H and O–H groups in total. The van der Waals surface area contributed by atoms with Gasteiger partial charge in [-0.15, -0.1) is 0 Å². The number of hydrogen-bond donors (Lipinski definition) is 2. The van der Waals surface area contributed by atoms with Crippen molar-refractivity contribution in [3.05, 3.63) is 23.3 Å². The molecule has 1 aliphatic rings. The van der Waals surface area contributed by atoms with Crippen molar-refractivity contribution in [1.29, 1.82) is 10.8 Å². The molecule has 1 aliphatic carbocycles. The second-order valence-corrected chi connectivity index (χ2v) is 5.07. The lowest BCUT2D eigenvalue weighted by molar-refractivity contribution is 0.413. The summed E-state index contributed by atoms with van der Waals surface area (Å²) in [6.45, 7) is 4.25. The molecule has 96 valence electrons. The fraction of sp³-hybridized carbons (Fsp3) is 0.429. The summed E-state index contributed by atoms with van der Waals surface area (Å²) >= 11 is 0. The zero-order valence-electron chi connectivity index (χ0n) is 11.1. The summed E-state index contributed by atoms with van der Waals surface area (Å²) < 4.78 is 5.40. The molecule has 2 rings (SSSR count). The zero-order chi connectivity index (χ0) is 13.3. The molecule has 0 bridgehead atoms. The van der Waals surface area contributed by atoms with E-state index in [1.807, 2.05) is 13.0 Å². The fourth-order valence-corrected chi connectivity index (χ4v) is 2.21. The molecule has 18 heavy (non-hydrogen) atoms. The lowest BCUT2D eigenvalue weighted by Gasteiger charge is -2.21. The van der Waals surface area contributed by atoms with Crippen LogP contribution in [0.25, 0.3) is 0 Å². The first kappa shape index (κ1) is 12.6. The molecule has 0 unspecified atom stereocenters. The lowest BCUT2D eigenvalue weighted by atomic mass is 9.95. The van der Waals surface area contributed by atoms with Crippen LogP contribution < -0.4 is 9.64 Å². The van der Waals surface area contributed by atoms with Crippen LogP contribution in [0.15, 0.2) is 12.1 Å². The van der Waals surface area contributed by atoms with Crippen molar-refractivity contribution in [2.45, 2.75) is 32.1 Å². The van der Waals surface area contributed by atoms with Crippen LogP contribution in [0.5, 0.6) is 5.75 Å². The lowest BCUT2D eigenvalue weighted by Crippen LogP contribution is -2.19. The van der Waals surface area contributed by atoms with Gasteiger partial charge >= 0.3 is 0 Å². The van der Waals surface area contributed by atoms with E-state index in [9.17, 15) is 0 Å². The van der Waals surface area contributed by atoms with E-state index >= 15 is 0 Å². The van der Waals surface area contributed by atoms with Gasteiger partial charge in [0, 0.05) is 0 Å². The van der Waals surface area contributed by atoms with Gasteiger partial charge in [-0.1, -0.05) is 13.0 Å². The van der Waals surface area contributed by atoms with Gasteiger partial charge in [-0.05, 0) is 42.4 Å². The van der Waals surface area contributed by atoms with Crippen molar-refractivity contribution >= 4 is 18.4 Å². The van der Waals surface area contributed by atoms with Crippen LogP contribution in [0.4, 0.5) is 5.69 Å². The van der Waals surface area contributed by atoms with E-state index in [4.69, 9.17) is 15.6 Å². The van der Waals surface area contributed by atoms with Gasteiger partial charge < -0.3 is 4.74 Å². The molecular weight excluding hydrogens is 226 g/mol. The summed E-state index contributed by atoms with van der Waals surface area (Å²) in [5.74, 6) is 0.731. The number of nitrogens with one attached hydrogen (secondary N) is 2. The van der Waals surface area contributed by atoms with E-state index in [2.05, 4.69) is 13.0 Å². The Morgan fingerprint density at radius 2 is 1.89 bits per heavy atom. The van der Waals surface area contributed by atoms with E-state index in [0.717, 1.165) is 29.7 Å². The number of anilines is 1. The largest absolute Gasteiger partial charge is 0.494 e. The highest BCUT2D eigenvalue weighted by molar-refractivity contribution is 5.99. The molecule has 4 nitrogen and oxygen atoms in total. The molecule has 0 aromatic heterocycles. The SMILES string of the molecule is COc1c(C)cc(C2(C)CC2)cc1N(C=N)C=N. The van der Waals surface area contributed by atoms with E-state index in [-0.39, 0.29) is 5.41 Å². The molecule has 0 radical (unpaired) electrons. The molecule has 0 atom stereocenters. The van der Waals surface area contributed by atoms with Crippen LogP contribution in [0.3, 0.4) is 0 Å². The highest BCUT2D eigenvalue weighted by Gasteiger charge is 2.39. The summed E-state index contributed by atoms with van der Waals surface area (Å²) in [6.07, 6.45) is 4.66. The number of aryl methyl sites for hydroxylation is 1. The van der Waals surface area contributed by atoms with Gasteiger partial charge in [0.2, 0.25) is 0 Å². The van der Waals surface area contributed by atoms with Crippen molar-refractivity contribution in [3.8, 4) is 5.75 Å². The molecule has 0 heterocycles. The first-order valence-electron chi connectivity index (χ1n) is 6.04. The summed E-state index contributed by atoms with van der Waals surface area (Å²) in [4.78, 5) is 1.46. The van der Waals surface area contributed by atoms with E-state index in [0.29, 0.717) is 0 Å². The van der Waals surface area contributed by atoms with Crippen LogP contribution in [-0.2, 0) is 5.41 Å². The minimum Gasteiger partial charge on any atom is -0.494 e. The van der Waals surface area contributed by atoms with Gasteiger partial charge in [0.15, 0.2) is 0 Å². The van der Waals surface area contributed by atoms with Crippen LogP contribution >= 0.6 is 0 Å². The third-order valence-electron chi connectivity index (χ3n) is 3.71. The Bertz CT molecular complexity index is 484. The predicted octanol–water partition coefficient (Wildman–Crippen LogP) is 3.08. The number of methoxy groups -OCH3 is 1. The number of rotatable bonds is 5. The molecule has 0 saturated heterocycles. The monoisotopic (exact) mass is 245 g/mol. The van der Waals surface area contributed by atoms with Crippen LogP contribution in [0, 0.1) is 17.7 Å². The number of nitrogens with zero attached hydrogens (tertiary/aromatic N) is 1. The Kier molecular flexibility index (Phi) is 3.11. The first-order chi connectivity index (χ1) is 8.55. The predicted molar refractivity (Wildman–Crippen MR) is 74.4 cm³/mol. The van der Waals surface area contributed by atoms with E-state index in [1.165, 1.54) is 23.3 Å². The summed E-state index contributed by atoms with van der Waals surface area (Å²) in [5.41, 5.74) is 3.35. The second kappa shape index (κ2) is 4.44. The number of benzene rings is 1.